The Kier molecular flexibility index (Phi) is 4.39. The molecule has 0 aromatic carbocycles. The maximum Gasteiger partial charge on any atom is 0.194 e. The summed E-state index contributed by atoms with van der Waals surface area (Å²) < 4.78 is 2.18. The van der Waals surface area contributed by atoms with Crippen LogP contribution in [-0.4, -0.2) is 51.3 Å². The molecule has 106 valence electrons. The molecule has 1 aliphatic rings. The van der Waals surface area contributed by atoms with Crippen LogP contribution in [0.2, 0.25) is 0 Å². The Labute approximate surface area is 119 Å². The first-order valence-electron chi connectivity index (χ1n) is 6.58. The van der Waals surface area contributed by atoms with Crippen molar-refractivity contribution in [3.8, 4) is 0 Å². The van der Waals surface area contributed by atoms with E-state index in [-0.39, 0.29) is 0 Å². The summed E-state index contributed by atoms with van der Waals surface area (Å²) in [6, 6.07) is 2.02. The fourth-order valence-electron chi connectivity index (χ4n) is 2.27. The molecule has 1 N–H and O–H groups in total. The molecule has 1 aromatic heterocycles. The van der Waals surface area contributed by atoms with Crippen molar-refractivity contribution in [3.05, 3.63) is 18.0 Å². The van der Waals surface area contributed by atoms with Crippen LogP contribution in [0, 0.1) is 0 Å². The minimum atomic E-state index is 0.294. The van der Waals surface area contributed by atoms with Gasteiger partial charge < -0.3 is 10.2 Å². The SMILES string of the molecule is CN=C(NCc1ccnn1C)N1CCSC(C)(C)C1. The second-order valence-electron chi connectivity index (χ2n) is 5.38. The van der Waals surface area contributed by atoms with Crippen molar-refractivity contribution in [3.63, 3.8) is 0 Å². The molecule has 1 fully saturated rings. The van der Waals surface area contributed by atoms with Crippen LogP contribution in [0.15, 0.2) is 17.3 Å². The highest BCUT2D eigenvalue weighted by molar-refractivity contribution is 8.00. The first kappa shape index (κ1) is 14.2. The van der Waals surface area contributed by atoms with E-state index in [0.717, 1.165) is 37.0 Å². The predicted molar refractivity (Wildman–Crippen MR) is 81.5 cm³/mol. The Bertz CT molecular complexity index is 452. The highest BCUT2D eigenvalue weighted by Crippen LogP contribution is 2.29. The zero-order valence-corrected chi connectivity index (χ0v) is 13.0. The second kappa shape index (κ2) is 5.86. The van der Waals surface area contributed by atoms with Crippen LogP contribution in [0.4, 0.5) is 0 Å². The number of hydrogen-bond acceptors (Lipinski definition) is 3. The van der Waals surface area contributed by atoms with Crippen molar-refractivity contribution in [2.24, 2.45) is 12.0 Å². The number of guanidine groups is 1. The van der Waals surface area contributed by atoms with Gasteiger partial charge >= 0.3 is 0 Å². The highest BCUT2D eigenvalue weighted by Gasteiger charge is 2.28. The lowest BCUT2D eigenvalue weighted by Gasteiger charge is -2.39. The molecule has 19 heavy (non-hydrogen) atoms. The summed E-state index contributed by atoms with van der Waals surface area (Å²) in [6.45, 7) is 7.42. The summed E-state index contributed by atoms with van der Waals surface area (Å²) in [7, 11) is 3.81. The van der Waals surface area contributed by atoms with Crippen LogP contribution >= 0.6 is 11.8 Å². The minimum absolute atomic E-state index is 0.294. The van der Waals surface area contributed by atoms with Crippen molar-refractivity contribution in [2.75, 3.05) is 25.9 Å². The van der Waals surface area contributed by atoms with Gasteiger partial charge in [0.05, 0.1) is 12.2 Å². The van der Waals surface area contributed by atoms with E-state index in [0.29, 0.717) is 4.75 Å². The molecule has 2 heterocycles. The van der Waals surface area contributed by atoms with E-state index in [4.69, 9.17) is 0 Å². The summed E-state index contributed by atoms with van der Waals surface area (Å²) in [4.78, 5) is 6.74. The van der Waals surface area contributed by atoms with Gasteiger partial charge in [-0.15, -0.1) is 0 Å². The number of nitrogens with one attached hydrogen (secondary N) is 1. The molecule has 0 spiro atoms. The number of aryl methyl sites for hydroxylation is 1. The molecule has 2 rings (SSSR count). The summed E-state index contributed by atoms with van der Waals surface area (Å²) in [5.41, 5.74) is 1.16. The number of thioether (sulfide) groups is 1. The summed E-state index contributed by atoms with van der Waals surface area (Å²) in [5, 5.41) is 7.60. The first-order chi connectivity index (χ1) is 9.02. The Hall–Kier alpha value is -1.17. The van der Waals surface area contributed by atoms with Gasteiger partial charge in [-0.25, -0.2) is 0 Å². The van der Waals surface area contributed by atoms with Crippen LogP contribution in [0.25, 0.3) is 0 Å². The fourth-order valence-corrected chi connectivity index (χ4v) is 3.39. The zero-order chi connectivity index (χ0) is 13.9. The molecule has 0 radical (unpaired) electrons. The Morgan fingerprint density at radius 1 is 1.58 bits per heavy atom. The standard InChI is InChI=1S/C13H23N5S/c1-13(2)10-18(7-8-19-13)12(14-3)15-9-11-5-6-16-17(11)4/h5-6H,7-10H2,1-4H3,(H,14,15). The van der Waals surface area contributed by atoms with Gasteiger partial charge in [-0.1, -0.05) is 0 Å². The van der Waals surface area contributed by atoms with E-state index in [2.05, 4.69) is 34.2 Å². The van der Waals surface area contributed by atoms with Crippen molar-refractivity contribution < 1.29 is 0 Å². The Morgan fingerprint density at radius 3 is 2.95 bits per heavy atom. The number of hydrogen-bond donors (Lipinski definition) is 1. The number of aliphatic imine (C=N–C) groups is 1. The topological polar surface area (TPSA) is 45.5 Å². The van der Waals surface area contributed by atoms with Gasteiger partial charge in [-0.2, -0.15) is 16.9 Å². The molecule has 0 aliphatic carbocycles. The lowest BCUT2D eigenvalue weighted by Crippen LogP contribution is -2.50. The zero-order valence-electron chi connectivity index (χ0n) is 12.2. The third-order valence-electron chi connectivity index (χ3n) is 3.29. The van der Waals surface area contributed by atoms with Crippen molar-refractivity contribution >= 4 is 17.7 Å². The minimum Gasteiger partial charge on any atom is -0.351 e. The van der Waals surface area contributed by atoms with Gasteiger partial charge in [0.15, 0.2) is 5.96 Å². The quantitative estimate of drug-likeness (QED) is 0.656. The Balaban J connectivity index is 1.95. The molecule has 0 atom stereocenters. The van der Waals surface area contributed by atoms with Crippen LogP contribution in [-0.2, 0) is 13.6 Å². The highest BCUT2D eigenvalue weighted by atomic mass is 32.2. The van der Waals surface area contributed by atoms with Crippen molar-refractivity contribution in [1.82, 2.24) is 20.0 Å². The Morgan fingerprint density at radius 2 is 2.37 bits per heavy atom. The third-order valence-corrected chi connectivity index (χ3v) is 4.58. The molecule has 1 saturated heterocycles. The average molecular weight is 281 g/mol. The van der Waals surface area contributed by atoms with E-state index < -0.39 is 0 Å². The molecule has 0 amide bonds. The summed E-state index contributed by atoms with van der Waals surface area (Å²) >= 11 is 2.03. The summed E-state index contributed by atoms with van der Waals surface area (Å²) in [6.07, 6.45) is 1.82. The largest absolute Gasteiger partial charge is 0.351 e. The molecule has 1 aromatic rings. The van der Waals surface area contributed by atoms with E-state index in [1.807, 2.05) is 42.8 Å². The van der Waals surface area contributed by atoms with Crippen molar-refractivity contribution in [2.45, 2.75) is 25.1 Å². The number of nitrogens with zero attached hydrogens (tertiary/aromatic N) is 4. The predicted octanol–water partition coefficient (Wildman–Crippen LogP) is 1.32. The normalized spacial score (nSPS) is 19.6. The maximum absolute atomic E-state index is 4.40. The first-order valence-corrected chi connectivity index (χ1v) is 7.57. The molecule has 6 heteroatoms. The van der Waals surface area contributed by atoms with E-state index >= 15 is 0 Å². The van der Waals surface area contributed by atoms with Gasteiger partial charge in [0.25, 0.3) is 0 Å². The molecule has 1 aliphatic heterocycles. The van der Waals surface area contributed by atoms with Crippen LogP contribution in [0.1, 0.15) is 19.5 Å². The van der Waals surface area contributed by atoms with E-state index in [9.17, 15) is 0 Å². The van der Waals surface area contributed by atoms with Crippen LogP contribution < -0.4 is 5.32 Å². The third kappa shape index (κ3) is 3.65. The molecular weight excluding hydrogens is 258 g/mol. The van der Waals surface area contributed by atoms with E-state index in [1.165, 1.54) is 0 Å². The lowest BCUT2D eigenvalue weighted by molar-refractivity contribution is 0.375. The lowest BCUT2D eigenvalue weighted by atomic mass is 10.2. The number of aromatic nitrogens is 2. The van der Waals surface area contributed by atoms with Gasteiger partial charge in [-0.05, 0) is 19.9 Å². The average Bonchev–Trinajstić information content (AvgIpc) is 2.75. The summed E-state index contributed by atoms with van der Waals surface area (Å²) in [5.74, 6) is 2.13. The monoisotopic (exact) mass is 281 g/mol. The smallest absolute Gasteiger partial charge is 0.194 e. The molecule has 0 bridgehead atoms. The molecule has 0 saturated carbocycles. The number of rotatable bonds is 2. The van der Waals surface area contributed by atoms with E-state index in [1.54, 1.807) is 0 Å². The van der Waals surface area contributed by atoms with Gasteiger partial charge in [0.2, 0.25) is 0 Å². The van der Waals surface area contributed by atoms with Gasteiger partial charge in [-0.3, -0.25) is 9.67 Å². The van der Waals surface area contributed by atoms with Gasteiger partial charge in [0.1, 0.15) is 0 Å². The second-order valence-corrected chi connectivity index (χ2v) is 7.18. The van der Waals surface area contributed by atoms with Crippen molar-refractivity contribution in [1.29, 1.82) is 0 Å². The fraction of sp³-hybridized carbons (Fsp3) is 0.692. The molecule has 5 nitrogen and oxygen atoms in total. The van der Waals surface area contributed by atoms with Crippen LogP contribution in [0.5, 0.6) is 0 Å². The van der Waals surface area contributed by atoms with Crippen LogP contribution in [0.3, 0.4) is 0 Å². The van der Waals surface area contributed by atoms with Gasteiger partial charge in [0, 0.05) is 43.9 Å². The molecular formula is C13H23N5S. The molecule has 0 unspecified atom stereocenters. The maximum atomic E-state index is 4.40.